The van der Waals surface area contributed by atoms with Crippen LogP contribution in [0, 0.1) is 0 Å². The zero-order valence-corrected chi connectivity index (χ0v) is 11.0. The number of amides is 1. The second-order valence-corrected chi connectivity index (χ2v) is 5.20. The average molecular weight is 261 g/mol. The van der Waals surface area contributed by atoms with Crippen molar-refractivity contribution in [2.45, 2.75) is 19.8 Å². The van der Waals surface area contributed by atoms with Gasteiger partial charge in [0, 0.05) is 13.1 Å². The van der Waals surface area contributed by atoms with Crippen molar-refractivity contribution in [3.8, 4) is 0 Å². The molecule has 2 N–H and O–H groups in total. The van der Waals surface area contributed by atoms with Gasteiger partial charge in [-0.25, -0.2) is 0 Å². The lowest BCUT2D eigenvalue weighted by Gasteiger charge is -2.19. The van der Waals surface area contributed by atoms with Crippen LogP contribution in [0.15, 0.2) is 12.1 Å². The molecular formula is C11H17ClN2OS. The van der Waals surface area contributed by atoms with Crippen molar-refractivity contribution < 1.29 is 4.79 Å². The predicted molar refractivity (Wildman–Crippen MR) is 69.2 cm³/mol. The van der Waals surface area contributed by atoms with Gasteiger partial charge < -0.3 is 10.6 Å². The summed E-state index contributed by atoms with van der Waals surface area (Å²) >= 11 is 7.14. The Labute approximate surface area is 105 Å². The summed E-state index contributed by atoms with van der Waals surface area (Å²) in [4.78, 5) is 14.6. The predicted octanol–water partition coefficient (Wildman–Crippen LogP) is 2.60. The number of nitrogens with two attached hydrogens (primary N) is 1. The SMILES string of the molecule is CCN(CCCCN)C(=O)c1ccc(Cl)s1. The zero-order valence-electron chi connectivity index (χ0n) is 9.41. The Morgan fingerprint density at radius 3 is 2.75 bits per heavy atom. The van der Waals surface area contributed by atoms with E-state index in [2.05, 4.69) is 0 Å². The maximum Gasteiger partial charge on any atom is 0.263 e. The van der Waals surface area contributed by atoms with E-state index < -0.39 is 0 Å². The van der Waals surface area contributed by atoms with Gasteiger partial charge in [-0.3, -0.25) is 4.79 Å². The smallest absolute Gasteiger partial charge is 0.263 e. The zero-order chi connectivity index (χ0) is 12.0. The molecule has 1 aromatic heterocycles. The molecular weight excluding hydrogens is 244 g/mol. The first-order valence-electron chi connectivity index (χ1n) is 5.43. The van der Waals surface area contributed by atoms with E-state index in [1.165, 1.54) is 11.3 Å². The van der Waals surface area contributed by atoms with Gasteiger partial charge in [-0.15, -0.1) is 11.3 Å². The summed E-state index contributed by atoms with van der Waals surface area (Å²) in [7, 11) is 0. The quantitative estimate of drug-likeness (QED) is 0.800. The average Bonchev–Trinajstić information content (AvgIpc) is 2.70. The summed E-state index contributed by atoms with van der Waals surface area (Å²) in [6.07, 6.45) is 1.91. The molecule has 5 heteroatoms. The van der Waals surface area contributed by atoms with E-state index in [0.717, 1.165) is 25.9 Å². The van der Waals surface area contributed by atoms with Crippen LogP contribution in [0.1, 0.15) is 29.4 Å². The molecule has 1 amide bonds. The first kappa shape index (κ1) is 13.5. The third-order valence-corrected chi connectivity index (χ3v) is 3.55. The topological polar surface area (TPSA) is 46.3 Å². The lowest BCUT2D eigenvalue weighted by molar-refractivity contribution is 0.0767. The highest BCUT2D eigenvalue weighted by molar-refractivity contribution is 7.17. The van der Waals surface area contributed by atoms with Crippen LogP contribution < -0.4 is 5.73 Å². The number of nitrogens with zero attached hydrogens (tertiary/aromatic N) is 1. The second kappa shape index (κ2) is 6.89. The van der Waals surface area contributed by atoms with E-state index >= 15 is 0 Å². The maximum absolute atomic E-state index is 12.0. The molecule has 0 spiro atoms. The van der Waals surface area contributed by atoms with Gasteiger partial charge in [-0.2, -0.15) is 0 Å². The van der Waals surface area contributed by atoms with E-state index in [4.69, 9.17) is 17.3 Å². The minimum absolute atomic E-state index is 0.0661. The Kier molecular flexibility index (Phi) is 5.80. The fourth-order valence-electron chi connectivity index (χ4n) is 1.44. The first-order chi connectivity index (χ1) is 7.69. The first-order valence-corrected chi connectivity index (χ1v) is 6.63. The molecule has 0 radical (unpaired) electrons. The van der Waals surface area contributed by atoms with Crippen LogP contribution in [0.5, 0.6) is 0 Å². The summed E-state index contributed by atoms with van der Waals surface area (Å²) in [5, 5.41) is 0. The van der Waals surface area contributed by atoms with Crippen molar-refractivity contribution in [1.29, 1.82) is 0 Å². The van der Waals surface area contributed by atoms with Gasteiger partial charge in [0.1, 0.15) is 0 Å². The summed E-state index contributed by atoms with van der Waals surface area (Å²) in [5.74, 6) is 0.0661. The van der Waals surface area contributed by atoms with Crippen LogP contribution in [0.2, 0.25) is 4.34 Å². The molecule has 0 aliphatic rings. The van der Waals surface area contributed by atoms with E-state index in [9.17, 15) is 4.79 Å². The third kappa shape index (κ3) is 3.77. The van der Waals surface area contributed by atoms with E-state index in [1.807, 2.05) is 11.8 Å². The maximum atomic E-state index is 12.0. The number of thiophene rings is 1. The molecule has 1 heterocycles. The number of hydrogen-bond acceptors (Lipinski definition) is 3. The molecule has 16 heavy (non-hydrogen) atoms. The minimum Gasteiger partial charge on any atom is -0.338 e. The van der Waals surface area contributed by atoms with Crippen molar-refractivity contribution in [3.05, 3.63) is 21.3 Å². The van der Waals surface area contributed by atoms with Crippen LogP contribution in [-0.4, -0.2) is 30.4 Å². The van der Waals surface area contributed by atoms with Crippen molar-refractivity contribution in [2.24, 2.45) is 5.73 Å². The minimum atomic E-state index is 0.0661. The normalized spacial score (nSPS) is 10.4. The summed E-state index contributed by atoms with van der Waals surface area (Å²) in [6, 6.07) is 3.54. The van der Waals surface area contributed by atoms with Gasteiger partial charge in [0.15, 0.2) is 0 Å². The van der Waals surface area contributed by atoms with Crippen LogP contribution in [0.3, 0.4) is 0 Å². The molecule has 90 valence electrons. The number of unbranched alkanes of at least 4 members (excludes halogenated alkanes) is 1. The Morgan fingerprint density at radius 1 is 1.50 bits per heavy atom. The molecule has 0 bridgehead atoms. The summed E-state index contributed by atoms with van der Waals surface area (Å²) in [6.45, 7) is 4.15. The van der Waals surface area contributed by atoms with Crippen LogP contribution in [0.25, 0.3) is 0 Å². The molecule has 0 saturated heterocycles. The second-order valence-electron chi connectivity index (χ2n) is 3.48. The largest absolute Gasteiger partial charge is 0.338 e. The standard InChI is InChI=1S/C11H17ClN2OS/c1-2-14(8-4-3-7-13)11(15)9-5-6-10(12)16-9/h5-6H,2-4,7-8,13H2,1H3. The van der Waals surface area contributed by atoms with Gasteiger partial charge in [-0.1, -0.05) is 11.6 Å². The lowest BCUT2D eigenvalue weighted by Crippen LogP contribution is -2.31. The van der Waals surface area contributed by atoms with Gasteiger partial charge in [0.25, 0.3) is 5.91 Å². The molecule has 0 unspecified atom stereocenters. The van der Waals surface area contributed by atoms with Crippen LogP contribution >= 0.6 is 22.9 Å². The van der Waals surface area contributed by atoms with Crippen LogP contribution in [-0.2, 0) is 0 Å². The number of carbonyl (C=O) groups excluding carboxylic acids is 1. The summed E-state index contributed by atoms with van der Waals surface area (Å²) in [5.41, 5.74) is 5.43. The number of rotatable bonds is 6. The third-order valence-electron chi connectivity index (χ3n) is 2.34. The van der Waals surface area contributed by atoms with Crippen molar-refractivity contribution in [1.82, 2.24) is 4.90 Å². The molecule has 1 rings (SSSR count). The molecule has 0 aliphatic carbocycles. The van der Waals surface area contributed by atoms with E-state index in [1.54, 1.807) is 12.1 Å². The molecule has 0 atom stereocenters. The molecule has 0 saturated carbocycles. The monoisotopic (exact) mass is 260 g/mol. The Hall–Kier alpha value is -0.580. The molecule has 0 fully saturated rings. The van der Waals surface area contributed by atoms with Gasteiger partial charge >= 0.3 is 0 Å². The Balaban J connectivity index is 2.55. The Morgan fingerprint density at radius 2 is 2.25 bits per heavy atom. The van der Waals surface area contributed by atoms with E-state index in [-0.39, 0.29) is 5.91 Å². The number of carbonyl (C=O) groups is 1. The Bertz CT molecular complexity index is 340. The fourth-order valence-corrected chi connectivity index (χ4v) is 2.45. The highest BCUT2D eigenvalue weighted by atomic mass is 35.5. The van der Waals surface area contributed by atoms with Gasteiger partial charge in [0.2, 0.25) is 0 Å². The molecule has 0 aliphatic heterocycles. The van der Waals surface area contributed by atoms with E-state index in [0.29, 0.717) is 15.8 Å². The van der Waals surface area contributed by atoms with Gasteiger partial charge in [-0.05, 0) is 38.4 Å². The molecule has 3 nitrogen and oxygen atoms in total. The number of halogens is 1. The highest BCUT2D eigenvalue weighted by Crippen LogP contribution is 2.22. The van der Waals surface area contributed by atoms with Crippen LogP contribution in [0.4, 0.5) is 0 Å². The highest BCUT2D eigenvalue weighted by Gasteiger charge is 2.15. The lowest BCUT2D eigenvalue weighted by atomic mass is 10.3. The number of hydrogen-bond donors (Lipinski definition) is 1. The molecule has 0 aromatic carbocycles. The van der Waals surface area contributed by atoms with Crippen molar-refractivity contribution in [3.63, 3.8) is 0 Å². The van der Waals surface area contributed by atoms with Crippen molar-refractivity contribution in [2.75, 3.05) is 19.6 Å². The molecule has 1 aromatic rings. The van der Waals surface area contributed by atoms with Gasteiger partial charge in [0.05, 0.1) is 9.21 Å². The fraction of sp³-hybridized carbons (Fsp3) is 0.545. The summed E-state index contributed by atoms with van der Waals surface area (Å²) < 4.78 is 0.654. The van der Waals surface area contributed by atoms with Crippen molar-refractivity contribution >= 4 is 28.8 Å².